The van der Waals surface area contributed by atoms with Crippen molar-refractivity contribution in [1.82, 2.24) is 9.55 Å². The van der Waals surface area contributed by atoms with Gasteiger partial charge in [-0.15, -0.1) is 0 Å². The number of hydrogen-bond donors (Lipinski definition) is 0. The number of fused-ring (bicyclic) bond motifs is 1. The van der Waals surface area contributed by atoms with Gasteiger partial charge in [0.05, 0.1) is 10.9 Å². The van der Waals surface area contributed by atoms with E-state index in [-0.39, 0.29) is 11.4 Å². The van der Waals surface area contributed by atoms with Crippen LogP contribution in [0.2, 0.25) is 0 Å². The van der Waals surface area contributed by atoms with Gasteiger partial charge in [-0.2, -0.15) is 0 Å². The van der Waals surface area contributed by atoms with Crippen molar-refractivity contribution in [1.29, 1.82) is 0 Å². The molecule has 3 rings (SSSR count). The maximum absolute atomic E-state index is 14.1. The number of halogens is 2. The lowest BCUT2D eigenvalue weighted by molar-refractivity contribution is 0.189. The minimum Gasteiger partial charge on any atom is -0.385 e. The van der Waals surface area contributed by atoms with Crippen LogP contribution in [0, 0.1) is 5.82 Å². The molecule has 0 saturated carbocycles. The van der Waals surface area contributed by atoms with Gasteiger partial charge in [0.1, 0.15) is 5.82 Å². The summed E-state index contributed by atoms with van der Waals surface area (Å²) in [6, 6.07) is 12.3. The molecule has 7 heteroatoms. The fourth-order valence-corrected chi connectivity index (χ4v) is 3.95. The van der Waals surface area contributed by atoms with Crippen LogP contribution in [0.15, 0.2) is 56.9 Å². The van der Waals surface area contributed by atoms with E-state index in [2.05, 4.69) is 20.9 Å². The minimum atomic E-state index is -0.277. The number of para-hydroxylation sites is 1. The molecule has 0 saturated heterocycles. The number of benzene rings is 2. The average molecular weight is 437 g/mol. The Morgan fingerprint density at radius 1 is 1.27 bits per heavy atom. The lowest BCUT2D eigenvalue weighted by atomic mass is 10.2. The van der Waals surface area contributed by atoms with E-state index in [0.29, 0.717) is 51.4 Å². The van der Waals surface area contributed by atoms with Crippen molar-refractivity contribution in [2.45, 2.75) is 23.9 Å². The van der Waals surface area contributed by atoms with Crippen LogP contribution in [0.5, 0.6) is 0 Å². The van der Waals surface area contributed by atoms with Crippen LogP contribution < -0.4 is 5.56 Å². The fourth-order valence-electron chi connectivity index (χ4n) is 2.60. The van der Waals surface area contributed by atoms with Crippen molar-refractivity contribution < 1.29 is 9.13 Å². The predicted octanol–water partition coefficient (Wildman–Crippen LogP) is 4.63. The molecule has 0 amide bonds. The van der Waals surface area contributed by atoms with E-state index < -0.39 is 0 Å². The molecule has 1 aromatic heterocycles. The monoisotopic (exact) mass is 436 g/mol. The number of aromatic nitrogens is 2. The normalized spacial score (nSPS) is 11.2. The standard InChI is InChI=1S/C19H18BrFN2O2S/c1-25-10-4-9-23-18(24)15-5-2-3-6-17(15)22-19(23)26-12-13-7-8-14(20)11-16(13)21/h2-3,5-8,11H,4,9-10,12H2,1H3. The van der Waals surface area contributed by atoms with Crippen LogP contribution >= 0.6 is 27.7 Å². The van der Waals surface area contributed by atoms with E-state index in [1.807, 2.05) is 18.2 Å². The zero-order chi connectivity index (χ0) is 18.5. The first-order valence-electron chi connectivity index (χ1n) is 8.15. The first kappa shape index (κ1) is 19.1. The minimum absolute atomic E-state index is 0.0783. The molecule has 0 fully saturated rings. The summed E-state index contributed by atoms with van der Waals surface area (Å²) in [4.78, 5) is 17.5. The van der Waals surface area contributed by atoms with Crippen LogP contribution in [-0.4, -0.2) is 23.3 Å². The Hall–Kier alpha value is -1.70. The second-order valence-electron chi connectivity index (χ2n) is 5.74. The van der Waals surface area contributed by atoms with Crippen LogP contribution in [0.1, 0.15) is 12.0 Å². The van der Waals surface area contributed by atoms with E-state index in [1.54, 1.807) is 29.9 Å². The van der Waals surface area contributed by atoms with Crippen molar-refractivity contribution in [2.75, 3.05) is 13.7 Å². The molecule has 0 radical (unpaired) electrons. The topological polar surface area (TPSA) is 44.1 Å². The lowest BCUT2D eigenvalue weighted by Crippen LogP contribution is -2.24. The number of methoxy groups -OCH3 is 1. The van der Waals surface area contributed by atoms with E-state index in [9.17, 15) is 9.18 Å². The third kappa shape index (κ3) is 4.34. The SMILES string of the molecule is COCCCn1c(SCc2ccc(Br)cc2F)nc2ccccc2c1=O. The molecule has 0 aliphatic heterocycles. The Bertz CT molecular complexity index is 977. The highest BCUT2D eigenvalue weighted by atomic mass is 79.9. The Morgan fingerprint density at radius 3 is 2.85 bits per heavy atom. The molecule has 2 aromatic carbocycles. The summed E-state index contributed by atoms with van der Waals surface area (Å²) < 4.78 is 21.5. The van der Waals surface area contributed by atoms with E-state index >= 15 is 0 Å². The van der Waals surface area contributed by atoms with Gasteiger partial charge in [0.25, 0.3) is 5.56 Å². The number of nitrogens with zero attached hydrogens (tertiary/aromatic N) is 2. The first-order valence-corrected chi connectivity index (χ1v) is 9.93. The smallest absolute Gasteiger partial charge is 0.262 e. The predicted molar refractivity (Wildman–Crippen MR) is 106 cm³/mol. The zero-order valence-corrected chi connectivity index (χ0v) is 16.6. The molecular formula is C19H18BrFN2O2S. The largest absolute Gasteiger partial charge is 0.385 e. The Morgan fingerprint density at radius 2 is 2.08 bits per heavy atom. The molecule has 0 aliphatic carbocycles. The highest BCUT2D eigenvalue weighted by molar-refractivity contribution is 9.10. The molecule has 0 N–H and O–H groups in total. The summed E-state index contributed by atoms with van der Waals surface area (Å²) in [6.07, 6.45) is 0.705. The van der Waals surface area contributed by atoms with Crippen molar-refractivity contribution >= 4 is 38.6 Å². The summed E-state index contributed by atoms with van der Waals surface area (Å²) in [5.41, 5.74) is 1.15. The Kier molecular flexibility index (Phi) is 6.45. The molecule has 0 spiro atoms. The average Bonchev–Trinajstić information content (AvgIpc) is 2.63. The number of thioether (sulfide) groups is 1. The summed E-state index contributed by atoms with van der Waals surface area (Å²) in [6.45, 7) is 1.07. The highest BCUT2D eigenvalue weighted by Gasteiger charge is 2.12. The van der Waals surface area contributed by atoms with Crippen molar-refractivity contribution in [3.8, 4) is 0 Å². The number of ether oxygens (including phenoxy) is 1. The maximum atomic E-state index is 14.1. The fraction of sp³-hybridized carbons (Fsp3) is 0.263. The lowest BCUT2D eigenvalue weighted by Gasteiger charge is -2.13. The second-order valence-corrected chi connectivity index (χ2v) is 7.60. The molecular weight excluding hydrogens is 419 g/mol. The van der Waals surface area contributed by atoms with Gasteiger partial charge in [0.2, 0.25) is 0 Å². The summed E-state index contributed by atoms with van der Waals surface area (Å²) in [7, 11) is 1.63. The molecule has 1 heterocycles. The van der Waals surface area contributed by atoms with Gasteiger partial charge < -0.3 is 4.74 Å². The van der Waals surface area contributed by atoms with E-state index in [0.717, 1.165) is 0 Å². The van der Waals surface area contributed by atoms with Gasteiger partial charge in [0, 0.05) is 30.5 Å². The zero-order valence-electron chi connectivity index (χ0n) is 14.2. The van der Waals surface area contributed by atoms with Gasteiger partial charge in [-0.3, -0.25) is 9.36 Å². The van der Waals surface area contributed by atoms with Crippen molar-refractivity contribution in [3.05, 3.63) is 68.7 Å². The highest BCUT2D eigenvalue weighted by Crippen LogP contribution is 2.25. The van der Waals surface area contributed by atoms with E-state index in [4.69, 9.17) is 4.74 Å². The van der Waals surface area contributed by atoms with Crippen LogP contribution in [-0.2, 0) is 17.0 Å². The summed E-state index contributed by atoms with van der Waals surface area (Å²) >= 11 is 4.62. The third-order valence-electron chi connectivity index (χ3n) is 3.93. The van der Waals surface area contributed by atoms with Gasteiger partial charge in [-0.05, 0) is 36.2 Å². The molecule has 0 bridgehead atoms. The van der Waals surface area contributed by atoms with Gasteiger partial charge in [-0.1, -0.05) is 45.9 Å². The maximum Gasteiger partial charge on any atom is 0.262 e. The second kappa shape index (κ2) is 8.79. The van der Waals surface area contributed by atoms with Crippen LogP contribution in [0.25, 0.3) is 10.9 Å². The van der Waals surface area contributed by atoms with Crippen molar-refractivity contribution in [3.63, 3.8) is 0 Å². The molecule has 4 nitrogen and oxygen atoms in total. The molecule has 136 valence electrons. The number of rotatable bonds is 7. The summed E-state index contributed by atoms with van der Waals surface area (Å²) in [5.74, 6) is 0.120. The molecule has 0 aliphatic rings. The van der Waals surface area contributed by atoms with Crippen molar-refractivity contribution in [2.24, 2.45) is 0 Å². The van der Waals surface area contributed by atoms with Gasteiger partial charge >= 0.3 is 0 Å². The van der Waals surface area contributed by atoms with Gasteiger partial charge in [-0.25, -0.2) is 9.37 Å². The molecule has 0 unspecified atom stereocenters. The van der Waals surface area contributed by atoms with E-state index in [1.165, 1.54) is 17.8 Å². The number of hydrogen-bond acceptors (Lipinski definition) is 4. The molecule has 26 heavy (non-hydrogen) atoms. The Labute approximate surface area is 163 Å². The summed E-state index contributed by atoms with van der Waals surface area (Å²) in [5, 5.41) is 1.18. The van der Waals surface area contributed by atoms with Gasteiger partial charge in [0.15, 0.2) is 5.16 Å². The Balaban J connectivity index is 1.94. The van der Waals surface area contributed by atoms with Crippen LogP contribution in [0.4, 0.5) is 4.39 Å². The third-order valence-corrected chi connectivity index (χ3v) is 5.45. The quantitative estimate of drug-likeness (QED) is 0.307. The first-order chi connectivity index (χ1) is 12.6. The van der Waals surface area contributed by atoms with Crippen LogP contribution in [0.3, 0.4) is 0 Å². The molecule has 0 atom stereocenters. The molecule has 3 aromatic rings.